The number of hydrogen-bond donors (Lipinski definition) is 0. The Hall–Kier alpha value is -3.19. The van der Waals surface area contributed by atoms with Crippen LogP contribution in [0.2, 0.25) is 0 Å². The van der Waals surface area contributed by atoms with Gasteiger partial charge in [0.25, 0.3) is 0 Å². The quantitative estimate of drug-likeness (QED) is 0.366. The van der Waals surface area contributed by atoms with Crippen molar-refractivity contribution in [2.75, 3.05) is 0 Å². The second-order valence-electron chi connectivity index (χ2n) is 6.99. The molecule has 0 aliphatic rings. The molecule has 132 valence electrons. The van der Waals surface area contributed by atoms with Gasteiger partial charge in [-0.05, 0) is 34.2 Å². The summed E-state index contributed by atoms with van der Waals surface area (Å²) in [6.07, 6.45) is 1.37. The highest BCUT2D eigenvalue weighted by atomic mass is 16.1. The second kappa shape index (κ2) is 8.01. The van der Waals surface area contributed by atoms with Crippen LogP contribution in [0.15, 0.2) is 103 Å². The molecule has 0 amide bonds. The fourth-order valence-electron chi connectivity index (χ4n) is 3.65. The Morgan fingerprint density at radius 3 is 2.04 bits per heavy atom. The Bertz CT molecular complexity index is 1040. The zero-order chi connectivity index (χ0) is 18.5. The first kappa shape index (κ1) is 17.2. The molecule has 4 aromatic carbocycles. The van der Waals surface area contributed by atoms with Crippen molar-refractivity contribution < 1.29 is 4.79 Å². The minimum Gasteiger partial charge on any atom is -0.294 e. The van der Waals surface area contributed by atoms with E-state index in [4.69, 9.17) is 0 Å². The molecule has 4 aromatic rings. The second-order valence-corrected chi connectivity index (χ2v) is 6.99. The Morgan fingerprint density at radius 2 is 1.30 bits per heavy atom. The van der Waals surface area contributed by atoms with Crippen LogP contribution < -0.4 is 0 Å². The summed E-state index contributed by atoms with van der Waals surface area (Å²) in [5.41, 5.74) is 3.27. The molecule has 1 atom stereocenters. The van der Waals surface area contributed by atoms with Crippen LogP contribution in [0.25, 0.3) is 10.8 Å². The van der Waals surface area contributed by atoms with Gasteiger partial charge in [0, 0.05) is 12.0 Å². The van der Waals surface area contributed by atoms with E-state index < -0.39 is 0 Å². The van der Waals surface area contributed by atoms with Gasteiger partial charge < -0.3 is 0 Å². The summed E-state index contributed by atoms with van der Waals surface area (Å²) in [5, 5.41) is 2.49. The number of benzene rings is 4. The molecule has 0 aromatic heterocycles. The average molecular weight is 350 g/mol. The molecule has 0 unspecified atom stereocenters. The largest absolute Gasteiger partial charge is 0.294 e. The molecule has 0 aliphatic heterocycles. The van der Waals surface area contributed by atoms with Crippen LogP contribution in [0.5, 0.6) is 0 Å². The van der Waals surface area contributed by atoms with E-state index in [0.717, 1.165) is 12.0 Å². The third-order valence-corrected chi connectivity index (χ3v) is 5.09. The maximum atomic E-state index is 12.8. The lowest BCUT2D eigenvalue weighted by Gasteiger charge is -2.17. The van der Waals surface area contributed by atoms with Gasteiger partial charge in [-0.3, -0.25) is 4.79 Å². The number of ketones is 1. The van der Waals surface area contributed by atoms with Crippen LogP contribution in [0.1, 0.15) is 33.8 Å². The van der Waals surface area contributed by atoms with E-state index in [1.54, 1.807) is 0 Å². The molecule has 1 nitrogen and oxygen atoms in total. The predicted octanol–water partition coefficient (Wildman–Crippen LogP) is 6.44. The molecule has 0 heterocycles. The van der Waals surface area contributed by atoms with Crippen LogP contribution in [0.3, 0.4) is 0 Å². The fourth-order valence-corrected chi connectivity index (χ4v) is 3.65. The highest BCUT2D eigenvalue weighted by Crippen LogP contribution is 2.27. The van der Waals surface area contributed by atoms with Gasteiger partial charge in [-0.25, -0.2) is 0 Å². The van der Waals surface area contributed by atoms with Gasteiger partial charge >= 0.3 is 0 Å². The zero-order valence-corrected chi connectivity index (χ0v) is 15.2. The smallest absolute Gasteiger partial charge is 0.163 e. The number of rotatable bonds is 6. The normalized spacial score (nSPS) is 12.0. The van der Waals surface area contributed by atoms with E-state index in [0.29, 0.717) is 6.42 Å². The van der Waals surface area contributed by atoms with Gasteiger partial charge in [0.1, 0.15) is 0 Å². The third-order valence-electron chi connectivity index (χ3n) is 5.09. The molecule has 0 N–H and O–H groups in total. The van der Waals surface area contributed by atoms with Gasteiger partial charge in [-0.15, -0.1) is 0 Å². The van der Waals surface area contributed by atoms with Crippen LogP contribution >= 0.6 is 0 Å². The summed E-state index contributed by atoms with van der Waals surface area (Å²) in [4.78, 5) is 12.8. The van der Waals surface area contributed by atoms with Gasteiger partial charge in [-0.1, -0.05) is 103 Å². The Balaban J connectivity index is 1.62. The highest BCUT2D eigenvalue weighted by molar-refractivity contribution is 5.96. The number of Topliss-reactive ketones (excluding diaryl/α,β-unsaturated/α-hetero) is 1. The zero-order valence-electron chi connectivity index (χ0n) is 15.2. The lowest BCUT2D eigenvalue weighted by molar-refractivity contribution is 0.0973. The topological polar surface area (TPSA) is 17.1 Å². The molecule has 0 spiro atoms. The molecule has 27 heavy (non-hydrogen) atoms. The molecule has 0 aliphatic carbocycles. The molecule has 1 heteroatoms. The molecular formula is C26H22O. The first-order valence-electron chi connectivity index (χ1n) is 9.40. The Kier molecular flexibility index (Phi) is 5.11. The predicted molar refractivity (Wildman–Crippen MR) is 112 cm³/mol. The van der Waals surface area contributed by atoms with Crippen molar-refractivity contribution in [2.45, 2.75) is 18.8 Å². The molecule has 4 rings (SSSR count). The van der Waals surface area contributed by atoms with Crippen molar-refractivity contribution in [1.82, 2.24) is 0 Å². The van der Waals surface area contributed by atoms with Crippen molar-refractivity contribution in [1.29, 1.82) is 0 Å². The summed E-state index contributed by atoms with van der Waals surface area (Å²) in [6.45, 7) is 0. The van der Waals surface area contributed by atoms with E-state index in [9.17, 15) is 4.79 Å². The summed E-state index contributed by atoms with van der Waals surface area (Å²) in [7, 11) is 0. The van der Waals surface area contributed by atoms with Crippen LogP contribution in [0, 0.1) is 0 Å². The number of carbonyl (C=O) groups excluding carboxylic acids is 1. The molecular weight excluding hydrogens is 328 g/mol. The maximum absolute atomic E-state index is 12.8. The monoisotopic (exact) mass is 350 g/mol. The number of carbonyl (C=O) groups is 1. The van der Waals surface area contributed by atoms with Crippen LogP contribution in [0.4, 0.5) is 0 Å². The minimum absolute atomic E-state index is 0.167. The van der Waals surface area contributed by atoms with Crippen molar-refractivity contribution in [3.63, 3.8) is 0 Å². The van der Waals surface area contributed by atoms with E-state index in [-0.39, 0.29) is 11.7 Å². The molecule has 0 fully saturated rings. The fraction of sp³-hybridized carbons (Fsp3) is 0.115. The molecule has 0 bridgehead atoms. The van der Waals surface area contributed by atoms with E-state index >= 15 is 0 Å². The van der Waals surface area contributed by atoms with Gasteiger partial charge in [0.15, 0.2) is 5.78 Å². The van der Waals surface area contributed by atoms with Crippen molar-refractivity contribution in [3.05, 3.63) is 120 Å². The molecule has 0 saturated heterocycles. The summed E-state index contributed by atoms with van der Waals surface area (Å²) in [5.74, 6) is 0.366. The minimum atomic E-state index is 0.167. The summed E-state index contributed by atoms with van der Waals surface area (Å²) in [6, 6.07) is 35.0. The highest BCUT2D eigenvalue weighted by Gasteiger charge is 2.18. The Morgan fingerprint density at radius 1 is 0.667 bits per heavy atom. The third kappa shape index (κ3) is 4.15. The van der Waals surface area contributed by atoms with Gasteiger partial charge in [-0.2, -0.15) is 0 Å². The SMILES string of the molecule is O=C(C[C@H](Cc1ccc2ccccc2c1)c1ccccc1)c1ccccc1. The van der Waals surface area contributed by atoms with Crippen LogP contribution in [-0.4, -0.2) is 5.78 Å². The van der Waals surface area contributed by atoms with Crippen molar-refractivity contribution in [3.8, 4) is 0 Å². The van der Waals surface area contributed by atoms with Gasteiger partial charge in [0.05, 0.1) is 0 Å². The Labute approximate surface area is 160 Å². The van der Waals surface area contributed by atoms with E-state index in [2.05, 4.69) is 66.7 Å². The molecule has 0 saturated carbocycles. The summed E-state index contributed by atoms with van der Waals surface area (Å²) < 4.78 is 0. The number of hydrogen-bond acceptors (Lipinski definition) is 1. The van der Waals surface area contributed by atoms with Gasteiger partial charge in [0.2, 0.25) is 0 Å². The maximum Gasteiger partial charge on any atom is 0.163 e. The van der Waals surface area contributed by atoms with Crippen molar-refractivity contribution in [2.24, 2.45) is 0 Å². The lowest BCUT2D eigenvalue weighted by atomic mass is 9.86. The standard InChI is InChI=1S/C26H22O/c27-26(23-12-5-2-6-13-23)19-25(21-9-3-1-4-10-21)18-20-15-16-22-11-7-8-14-24(22)17-20/h1-17,25H,18-19H2/t25-/m0/s1. The number of fused-ring (bicyclic) bond motifs is 1. The van der Waals surface area contributed by atoms with E-state index in [1.165, 1.54) is 21.9 Å². The molecule has 0 radical (unpaired) electrons. The summed E-state index contributed by atoms with van der Waals surface area (Å²) >= 11 is 0. The van der Waals surface area contributed by atoms with Crippen LogP contribution in [-0.2, 0) is 6.42 Å². The first-order valence-corrected chi connectivity index (χ1v) is 9.40. The van der Waals surface area contributed by atoms with E-state index in [1.807, 2.05) is 36.4 Å². The lowest BCUT2D eigenvalue weighted by Crippen LogP contribution is -2.10. The van der Waals surface area contributed by atoms with Crippen molar-refractivity contribution >= 4 is 16.6 Å². The average Bonchev–Trinajstić information content (AvgIpc) is 2.74. The first-order chi connectivity index (χ1) is 13.3.